The van der Waals surface area contributed by atoms with Crippen LogP contribution in [0.5, 0.6) is 0 Å². The van der Waals surface area contributed by atoms with Gasteiger partial charge in [0.15, 0.2) is 0 Å². The topological polar surface area (TPSA) is 91.3 Å². The molecule has 8 nitrogen and oxygen atoms in total. The van der Waals surface area contributed by atoms with Gasteiger partial charge in [-0.3, -0.25) is 14.6 Å². The third-order valence-electron chi connectivity index (χ3n) is 6.61. The predicted octanol–water partition coefficient (Wildman–Crippen LogP) is 3.78. The number of nitrogens with one attached hydrogen (secondary N) is 1. The molecule has 0 saturated heterocycles. The molecule has 0 aromatic heterocycles. The largest absolute Gasteiger partial charge is 0.465 e. The van der Waals surface area contributed by atoms with Crippen LogP contribution in [0.3, 0.4) is 0 Å². The van der Waals surface area contributed by atoms with Crippen molar-refractivity contribution < 1.29 is 19.1 Å². The molecule has 0 aliphatic carbocycles. The molecule has 2 aliphatic rings. The number of hydrogen-bond donors (Lipinski definition) is 1. The standard InChI is InChI=1S/C29H28N4O4/c1-32(2)17-25(34)33-14-13-19-15-21(10-12-24(19)33)30-27(18-7-5-4-6-8-18)26-22-11-9-20(29(36)37-3)16-23(22)31-28(26)35/h4-12,15-16,26H,13-14,17H2,1-3H3,(H,31,35). The molecule has 5 rings (SSSR count). The number of esters is 1. The van der Waals surface area contributed by atoms with Gasteiger partial charge >= 0.3 is 5.97 Å². The molecular weight excluding hydrogens is 468 g/mol. The molecular formula is C29H28N4O4. The zero-order valence-corrected chi connectivity index (χ0v) is 21.0. The van der Waals surface area contributed by atoms with Gasteiger partial charge in [0.05, 0.1) is 30.6 Å². The van der Waals surface area contributed by atoms with E-state index in [1.54, 1.807) is 18.2 Å². The first-order chi connectivity index (χ1) is 17.9. The number of hydrogen-bond acceptors (Lipinski definition) is 6. The first-order valence-corrected chi connectivity index (χ1v) is 12.1. The summed E-state index contributed by atoms with van der Waals surface area (Å²) in [5, 5.41) is 2.90. The quantitative estimate of drug-likeness (QED) is 0.414. The average molecular weight is 497 g/mol. The summed E-state index contributed by atoms with van der Waals surface area (Å²) in [6, 6.07) is 20.5. The molecule has 0 radical (unpaired) electrons. The summed E-state index contributed by atoms with van der Waals surface area (Å²) in [6.45, 7) is 0.993. The maximum absolute atomic E-state index is 13.2. The van der Waals surface area contributed by atoms with Gasteiger partial charge in [0.2, 0.25) is 11.8 Å². The first-order valence-electron chi connectivity index (χ1n) is 12.1. The highest BCUT2D eigenvalue weighted by Crippen LogP contribution is 2.38. The van der Waals surface area contributed by atoms with Crippen molar-refractivity contribution in [1.82, 2.24) is 4.90 Å². The van der Waals surface area contributed by atoms with Crippen molar-refractivity contribution in [2.45, 2.75) is 12.3 Å². The molecule has 2 amide bonds. The van der Waals surface area contributed by atoms with Gasteiger partial charge in [-0.2, -0.15) is 0 Å². The van der Waals surface area contributed by atoms with Crippen molar-refractivity contribution in [3.05, 3.63) is 89.0 Å². The summed E-state index contributed by atoms with van der Waals surface area (Å²) in [5.74, 6) is -1.25. The highest BCUT2D eigenvalue weighted by Gasteiger charge is 2.36. The van der Waals surface area contributed by atoms with E-state index in [-0.39, 0.29) is 11.8 Å². The number of carbonyl (C=O) groups excluding carboxylic acids is 3. The van der Waals surface area contributed by atoms with Gasteiger partial charge in [-0.1, -0.05) is 36.4 Å². The van der Waals surface area contributed by atoms with Crippen molar-refractivity contribution in [2.24, 2.45) is 4.99 Å². The summed E-state index contributed by atoms with van der Waals surface area (Å²) >= 11 is 0. The number of rotatable bonds is 6. The predicted molar refractivity (Wildman–Crippen MR) is 143 cm³/mol. The van der Waals surface area contributed by atoms with E-state index < -0.39 is 11.9 Å². The molecule has 8 heteroatoms. The molecule has 0 spiro atoms. The number of benzene rings is 3. The van der Waals surface area contributed by atoms with Crippen molar-refractivity contribution in [1.29, 1.82) is 0 Å². The van der Waals surface area contributed by atoms with Crippen molar-refractivity contribution in [2.75, 3.05) is 44.5 Å². The minimum absolute atomic E-state index is 0.0653. The SMILES string of the molecule is COC(=O)c1ccc2c(c1)NC(=O)C2C(=Nc1ccc2c(c1)CCN2C(=O)CN(C)C)c1ccccc1. The molecule has 1 unspecified atom stereocenters. The van der Waals surface area contributed by atoms with E-state index in [0.717, 1.165) is 28.8 Å². The molecule has 2 heterocycles. The monoisotopic (exact) mass is 496 g/mol. The zero-order chi connectivity index (χ0) is 26.1. The zero-order valence-electron chi connectivity index (χ0n) is 21.0. The average Bonchev–Trinajstić information content (AvgIpc) is 3.46. The first kappa shape index (κ1) is 24.4. The molecule has 3 aromatic rings. The summed E-state index contributed by atoms with van der Waals surface area (Å²) < 4.78 is 4.82. The second-order valence-corrected chi connectivity index (χ2v) is 9.43. The third-order valence-corrected chi connectivity index (χ3v) is 6.61. The molecule has 1 atom stereocenters. The van der Waals surface area contributed by atoms with Gasteiger partial charge in [0.25, 0.3) is 0 Å². The minimum atomic E-state index is -0.643. The number of aliphatic imine (C=N–C) groups is 1. The lowest BCUT2D eigenvalue weighted by Gasteiger charge is -2.20. The Hall–Kier alpha value is -4.30. The number of likely N-dealkylation sites (N-methyl/N-ethyl adjacent to an activating group) is 1. The third kappa shape index (κ3) is 4.75. The van der Waals surface area contributed by atoms with Crippen LogP contribution in [0.1, 0.15) is 33.0 Å². The van der Waals surface area contributed by atoms with Crippen LogP contribution in [0.25, 0.3) is 0 Å². The van der Waals surface area contributed by atoms with Crippen LogP contribution in [0, 0.1) is 0 Å². The van der Waals surface area contributed by atoms with E-state index in [1.807, 2.05) is 72.4 Å². The van der Waals surface area contributed by atoms with Gasteiger partial charge < -0.3 is 19.9 Å². The summed E-state index contributed by atoms with van der Waals surface area (Å²) in [7, 11) is 5.09. The second-order valence-electron chi connectivity index (χ2n) is 9.43. The molecule has 37 heavy (non-hydrogen) atoms. The number of carbonyl (C=O) groups is 3. The van der Waals surface area contributed by atoms with Crippen LogP contribution in [0.15, 0.2) is 71.7 Å². The summed E-state index contributed by atoms with van der Waals surface area (Å²) in [4.78, 5) is 46.6. The van der Waals surface area contributed by atoms with Crippen LogP contribution in [0.4, 0.5) is 17.1 Å². The Morgan fingerprint density at radius 2 is 1.84 bits per heavy atom. The Balaban J connectivity index is 1.54. The summed E-state index contributed by atoms with van der Waals surface area (Å²) in [5.41, 5.74) is 5.81. The molecule has 1 N–H and O–H groups in total. The smallest absolute Gasteiger partial charge is 0.337 e. The second kappa shape index (κ2) is 9.99. The van der Waals surface area contributed by atoms with Gasteiger partial charge in [0, 0.05) is 17.9 Å². The van der Waals surface area contributed by atoms with Crippen LogP contribution in [-0.2, 0) is 20.7 Å². The molecule has 0 saturated carbocycles. The Morgan fingerprint density at radius 1 is 1.05 bits per heavy atom. The van der Waals surface area contributed by atoms with Crippen molar-refractivity contribution in [3.8, 4) is 0 Å². The highest BCUT2D eigenvalue weighted by molar-refractivity contribution is 6.24. The minimum Gasteiger partial charge on any atom is -0.465 e. The lowest BCUT2D eigenvalue weighted by molar-refractivity contribution is -0.119. The number of ether oxygens (including phenoxy) is 1. The molecule has 3 aromatic carbocycles. The van der Waals surface area contributed by atoms with E-state index in [2.05, 4.69) is 5.32 Å². The van der Waals surface area contributed by atoms with Gasteiger partial charge in [-0.05, 0) is 67.5 Å². The normalized spacial score (nSPS) is 16.4. The number of nitrogens with zero attached hydrogens (tertiary/aromatic N) is 3. The van der Waals surface area contributed by atoms with Gasteiger partial charge in [-0.25, -0.2) is 4.79 Å². The lowest BCUT2D eigenvalue weighted by atomic mass is 9.90. The Labute approximate surface area is 215 Å². The maximum atomic E-state index is 13.2. The lowest BCUT2D eigenvalue weighted by Crippen LogP contribution is -2.36. The van der Waals surface area contributed by atoms with E-state index in [0.29, 0.717) is 35.7 Å². The number of methoxy groups -OCH3 is 1. The van der Waals surface area contributed by atoms with Gasteiger partial charge in [0.1, 0.15) is 5.92 Å². The Bertz CT molecular complexity index is 1410. The fourth-order valence-electron chi connectivity index (χ4n) is 4.90. The number of fused-ring (bicyclic) bond motifs is 2. The van der Waals surface area contributed by atoms with Crippen LogP contribution in [-0.4, -0.2) is 62.7 Å². The fraction of sp³-hybridized carbons (Fsp3) is 0.241. The molecule has 2 aliphatic heterocycles. The molecule has 0 bridgehead atoms. The van der Waals surface area contributed by atoms with Crippen molar-refractivity contribution >= 4 is 40.6 Å². The van der Waals surface area contributed by atoms with E-state index >= 15 is 0 Å². The van der Waals surface area contributed by atoms with Crippen LogP contribution < -0.4 is 10.2 Å². The van der Waals surface area contributed by atoms with E-state index in [4.69, 9.17) is 9.73 Å². The Morgan fingerprint density at radius 3 is 2.57 bits per heavy atom. The van der Waals surface area contributed by atoms with Crippen LogP contribution >= 0.6 is 0 Å². The van der Waals surface area contributed by atoms with Gasteiger partial charge in [-0.15, -0.1) is 0 Å². The Kier molecular flexibility index (Phi) is 6.58. The van der Waals surface area contributed by atoms with E-state index in [9.17, 15) is 14.4 Å². The van der Waals surface area contributed by atoms with E-state index in [1.165, 1.54) is 7.11 Å². The number of anilines is 2. The van der Waals surface area contributed by atoms with Crippen LogP contribution in [0.2, 0.25) is 0 Å². The maximum Gasteiger partial charge on any atom is 0.337 e. The molecule has 188 valence electrons. The highest BCUT2D eigenvalue weighted by atomic mass is 16.5. The molecule has 0 fully saturated rings. The fourth-order valence-corrected chi connectivity index (χ4v) is 4.90. The number of amides is 2. The summed E-state index contributed by atoms with van der Waals surface area (Å²) in [6.07, 6.45) is 0.752. The van der Waals surface area contributed by atoms with Crippen molar-refractivity contribution in [3.63, 3.8) is 0 Å².